The van der Waals surface area contributed by atoms with E-state index in [4.69, 9.17) is 0 Å². The number of carbonyl (C=O) groups excluding carboxylic acids is 1. The van der Waals surface area contributed by atoms with Gasteiger partial charge in [-0.25, -0.2) is 0 Å². The molecule has 0 bridgehead atoms. The number of tetrazole rings is 1. The van der Waals surface area contributed by atoms with Crippen molar-refractivity contribution in [2.24, 2.45) is 0 Å². The topological polar surface area (TPSA) is 71.5 Å². The van der Waals surface area contributed by atoms with E-state index in [1.165, 1.54) is 0 Å². The molecule has 5 nitrogen and oxygen atoms in total. The van der Waals surface area contributed by atoms with Crippen molar-refractivity contribution in [3.8, 4) is 11.4 Å². The average molecular weight is 276 g/mol. The zero-order chi connectivity index (χ0) is 14.5. The van der Waals surface area contributed by atoms with Crippen molar-refractivity contribution >= 4 is 11.9 Å². The fraction of sp³-hybridized carbons (Fsp3) is 0. The highest BCUT2D eigenvalue weighted by molar-refractivity contribution is 6.07. The van der Waals surface area contributed by atoms with Gasteiger partial charge < -0.3 is 0 Å². The van der Waals surface area contributed by atoms with Gasteiger partial charge in [0.2, 0.25) is 5.82 Å². The van der Waals surface area contributed by atoms with Crippen LogP contribution in [0, 0.1) is 0 Å². The Balaban J connectivity index is 1.82. The summed E-state index contributed by atoms with van der Waals surface area (Å²) >= 11 is 0. The summed E-state index contributed by atoms with van der Waals surface area (Å²) in [7, 11) is 0. The number of hydrogen-bond donors (Lipinski definition) is 1. The predicted molar refractivity (Wildman–Crippen MR) is 79.4 cm³/mol. The zero-order valence-corrected chi connectivity index (χ0v) is 11.1. The summed E-state index contributed by atoms with van der Waals surface area (Å²) in [6.07, 6.45) is 3.36. The summed E-state index contributed by atoms with van der Waals surface area (Å²) in [5.74, 6) is 0.404. The first-order valence-electron chi connectivity index (χ1n) is 6.44. The molecule has 0 aliphatic carbocycles. The summed E-state index contributed by atoms with van der Waals surface area (Å²) in [4.78, 5) is 12.2. The second kappa shape index (κ2) is 5.92. The third-order valence-corrected chi connectivity index (χ3v) is 2.98. The van der Waals surface area contributed by atoms with Crippen LogP contribution < -0.4 is 0 Å². The zero-order valence-electron chi connectivity index (χ0n) is 11.1. The van der Waals surface area contributed by atoms with Crippen LogP contribution in [0.15, 0.2) is 60.7 Å². The van der Waals surface area contributed by atoms with Gasteiger partial charge in [0.05, 0.1) is 0 Å². The Morgan fingerprint density at radius 2 is 1.90 bits per heavy atom. The van der Waals surface area contributed by atoms with Gasteiger partial charge in [-0.2, -0.15) is 5.21 Å². The third-order valence-electron chi connectivity index (χ3n) is 2.98. The van der Waals surface area contributed by atoms with Crippen LogP contribution in [0.4, 0.5) is 0 Å². The molecule has 0 spiro atoms. The summed E-state index contributed by atoms with van der Waals surface area (Å²) in [5, 5.41) is 13.7. The number of aromatic nitrogens is 4. The SMILES string of the molecule is O=C(C=Cc1ccccc1)c1cccc(-c2nn[nH]n2)c1. The lowest BCUT2D eigenvalue weighted by Gasteiger charge is -1.99. The lowest BCUT2D eigenvalue weighted by Crippen LogP contribution is -1.95. The minimum absolute atomic E-state index is 0.0656. The molecule has 1 heterocycles. The Labute approximate surface area is 121 Å². The first-order chi connectivity index (χ1) is 10.3. The maximum Gasteiger partial charge on any atom is 0.204 e. The molecule has 5 heteroatoms. The van der Waals surface area contributed by atoms with E-state index in [1.807, 2.05) is 36.4 Å². The fourth-order valence-electron chi connectivity index (χ4n) is 1.93. The molecule has 0 fully saturated rings. The number of rotatable bonds is 4. The van der Waals surface area contributed by atoms with Gasteiger partial charge in [-0.3, -0.25) is 4.79 Å². The molecule has 0 radical (unpaired) electrons. The van der Waals surface area contributed by atoms with Gasteiger partial charge in [-0.05, 0) is 22.9 Å². The number of nitrogens with one attached hydrogen (secondary N) is 1. The molecule has 21 heavy (non-hydrogen) atoms. The summed E-state index contributed by atoms with van der Waals surface area (Å²) in [6.45, 7) is 0. The Morgan fingerprint density at radius 3 is 2.67 bits per heavy atom. The van der Waals surface area contributed by atoms with Crippen LogP contribution in [0.2, 0.25) is 0 Å². The molecule has 0 saturated heterocycles. The summed E-state index contributed by atoms with van der Waals surface area (Å²) < 4.78 is 0. The summed E-state index contributed by atoms with van der Waals surface area (Å²) in [6, 6.07) is 16.8. The van der Waals surface area contributed by atoms with E-state index < -0.39 is 0 Å². The third kappa shape index (κ3) is 3.09. The lowest BCUT2D eigenvalue weighted by molar-refractivity contribution is 0.104. The minimum atomic E-state index is -0.0656. The number of H-pyrrole nitrogens is 1. The maximum atomic E-state index is 12.2. The van der Waals surface area contributed by atoms with Crippen molar-refractivity contribution in [1.82, 2.24) is 20.6 Å². The molecular formula is C16H12N4O. The monoisotopic (exact) mass is 276 g/mol. The highest BCUT2D eigenvalue weighted by atomic mass is 16.1. The van der Waals surface area contributed by atoms with Crippen LogP contribution in [-0.2, 0) is 0 Å². The highest BCUT2D eigenvalue weighted by Crippen LogP contribution is 2.16. The Kier molecular flexibility index (Phi) is 3.64. The van der Waals surface area contributed by atoms with Crippen LogP contribution in [0.5, 0.6) is 0 Å². The van der Waals surface area contributed by atoms with Crippen molar-refractivity contribution in [1.29, 1.82) is 0 Å². The first-order valence-corrected chi connectivity index (χ1v) is 6.44. The average Bonchev–Trinajstić information content (AvgIpc) is 3.08. The smallest absolute Gasteiger partial charge is 0.204 e. The van der Waals surface area contributed by atoms with Crippen molar-refractivity contribution in [2.75, 3.05) is 0 Å². The van der Waals surface area contributed by atoms with Crippen molar-refractivity contribution in [3.05, 3.63) is 71.8 Å². The van der Waals surface area contributed by atoms with Crippen LogP contribution in [0.3, 0.4) is 0 Å². The molecule has 102 valence electrons. The molecule has 0 aliphatic rings. The largest absolute Gasteiger partial charge is 0.289 e. The van der Waals surface area contributed by atoms with E-state index >= 15 is 0 Å². The van der Waals surface area contributed by atoms with E-state index in [0.29, 0.717) is 11.4 Å². The number of carbonyl (C=O) groups is 1. The molecule has 0 amide bonds. The number of hydrogen-bond acceptors (Lipinski definition) is 4. The standard InChI is InChI=1S/C16H12N4O/c21-15(10-9-12-5-2-1-3-6-12)13-7-4-8-14(11-13)16-17-19-20-18-16/h1-11H,(H,17,18,19,20). The summed E-state index contributed by atoms with van der Waals surface area (Å²) in [5.41, 5.74) is 2.33. The van der Waals surface area contributed by atoms with Crippen LogP contribution in [0.25, 0.3) is 17.5 Å². The van der Waals surface area contributed by atoms with E-state index in [0.717, 1.165) is 11.1 Å². The Hall–Kier alpha value is -3.08. The molecule has 3 aromatic rings. The van der Waals surface area contributed by atoms with E-state index in [9.17, 15) is 4.79 Å². The Morgan fingerprint density at radius 1 is 1.05 bits per heavy atom. The van der Waals surface area contributed by atoms with Gasteiger partial charge in [-0.1, -0.05) is 54.6 Å². The molecule has 2 aromatic carbocycles. The number of ketones is 1. The van der Waals surface area contributed by atoms with Crippen LogP contribution in [0.1, 0.15) is 15.9 Å². The molecule has 0 saturated carbocycles. The molecule has 0 unspecified atom stereocenters. The van der Waals surface area contributed by atoms with Gasteiger partial charge in [0.1, 0.15) is 0 Å². The van der Waals surface area contributed by atoms with Gasteiger partial charge in [-0.15, -0.1) is 10.2 Å². The van der Waals surface area contributed by atoms with E-state index in [-0.39, 0.29) is 5.78 Å². The first kappa shape index (κ1) is 12.9. The van der Waals surface area contributed by atoms with Gasteiger partial charge >= 0.3 is 0 Å². The van der Waals surface area contributed by atoms with Crippen molar-refractivity contribution in [2.45, 2.75) is 0 Å². The normalized spacial score (nSPS) is 10.9. The predicted octanol–water partition coefficient (Wildman–Crippen LogP) is 2.76. The van der Waals surface area contributed by atoms with Crippen molar-refractivity contribution < 1.29 is 4.79 Å². The van der Waals surface area contributed by atoms with E-state index in [1.54, 1.807) is 30.4 Å². The van der Waals surface area contributed by atoms with Gasteiger partial charge in [0, 0.05) is 11.1 Å². The number of benzene rings is 2. The molecule has 1 aromatic heterocycles. The van der Waals surface area contributed by atoms with Gasteiger partial charge in [0.25, 0.3) is 0 Å². The second-order valence-corrected chi connectivity index (χ2v) is 4.42. The quantitative estimate of drug-likeness (QED) is 0.587. The molecule has 3 rings (SSSR count). The lowest BCUT2D eigenvalue weighted by atomic mass is 10.1. The molecule has 0 aliphatic heterocycles. The molecular weight excluding hydrogens is 264 g/mol. The van der Waals surface area contributed by atoms with Crippen LogP contribution >= 0.6 is 0 Å². The van der Waals surface area contributed by atoms with E-state index in [2.05, 4.69) is 20.6 Å². The minimum Gasteiger partial charge on any atom is -0.289 e. The van der Waals surface area contributed by atoms with Crippen molar-refractivity contribution in [3.63, 3.8) is 0 Å². The maximum absolute atomic E-state index is 12.2. The van der Waals surface area contributed by atoms with Crippen LogP contribution in [-0.4, -0.2) is 26.4 Å². The highest BCUT2D eigenvalue weighted by Gasteiger charge is 2.07. The number of nitrogens with zero attached hydrogens (tertiary/aromatic N) is 3. The van der Waals surface area contributed by atoms with Gasteiger partial charge in [0.15, 0.2) is 5.78 Å². The number of allylic oxidation sites excluding steroid dienone is 1. The fourth-order valence-corrected chi connectivity index (χ4v) is 1.93. The second-order valence-electron chi connectivity index (χ2n) is 4.42. The molecule has 0 atom stereocenters. The Bertz CT molecular complexity index is 764. The molecule has 1 N–H and O–H groups in total. The number of aromatic amines is 1.